The van der Waals surface area contributed by atoms with Crippen molar-refractivity contribution in [1.29, 1.82) is 0 Å². The third-order valence-corrected chi connectivity index (χ3v) is 6.74. The molecule has 0 saturated heterocycles. The van der Waals surface area contributed by atoms with Crippen molar-refractivity contribution in [3.8, 4) is 5.75 Å². The summed E-state index contributed by atoms with van der Waals surface area (Å²) in [7, 11) is -3.42. The van der Waals surface area contributed by atoms with E-state index >= 15 is 0 Å². The second kappa shape index (κ2) is 8.04. The van der Waals surface area contributed by atoms with E-state index in [1.165, 1.54) is 18.2 Å². The van der Waals surface area contributed by atoms with Gasteiger partial charge in [0.25, 0.3) is 5.91 Å². The molecule has 0 atom stereocenters. The van der Waals surface area contributed by atoms with E-state index in [-0.39, 0.29) is 40.0 Å². The number of nitrogens with one attached hydrogen (secondary N) is 2. The van der Waals surface area contributed by atoms with Crippen molar-refractivity contribution in [2.24, 2.45) is 5.41 Å². The van der Waals surface area contributed by atoms with Crippen LogP contribution in [0.5, 0.6) is 5.75 Å². The van der Waals surface area contributed by atoms with Crippen molar-refractivity contribution in [2.45, 2.75) is 31.2 Å². The maximum atomic E-state index is 13.4. The van der Waals surface area contributed by atoms with Crippen molar-refractivity contribution < 1.29 is 27.1 Å². The van der Waals surface area contributed by atoms with E-state index in [1.807, 2.05) is 0 Å². The molecule has 0 radical (unpaired) electrons. The van der Waals surface area contributed by atoms with Crippen LogP contribution in [-0.2, 0) is 14.8 Å². The highest BCUT2D eigenvalue weighted by molar-refractivity contribution is 7.92. The lowest BCUT2D eigenvalue weighted by Crippen LogP contribution is -2.75. The van der Waals surface area contributed by atoms with Crippen LogP contribution < -0.4 is 14.8 Å². The third kappa shape index (κ3) is 4.88. The molecule has 0 spiro atoms. The Morgan fingerprint density at radius 2 is 1.88 bits per heavy atom. The van der Waals surface area contributed by atoms with Crippen molar-refractivity contribution in [2.75, 3.05) is 17.6 Å². The molecule has 170 valence electrons. The minimum atomic E-state index is -3.42. The molecule has 0 aliphatic heterocycles. The van der Waals surface area contributed by atoms with Crippen LogP contribution in [0.2, 0.25) is 5.02 Å². The largest absolute Gasteiger partial charge is 0.484 e. The molecule has 2 aromatic carbocycles. The average Bonchev–Trinajstić information content (AvgIpc) is 2.65. The molecule has 7 nitrogen and oxygen atoms in total. The summed E-state index contributed by atoms with van der Waals surface area (Å²) in [5.41, 5.74) is 0.349. The molecule has 2 bridgehead atoms. The lowest BCUT2D eigenvalue weighted by atomic mass is 9.38. The molecule has 0 unspecified atom stereocenters. The van der Waals surface area contributed by atoms with E-state index in [0.717, 1.165) is 12.3 Å². The summed E-state index contributed by atoms with van der Waals surface area (Å²) >= 11 is 5.62. The van der Waals surface area contributed by atoms with Crippen LogP contribution in [-0.4, -0.2) is 38.5 Å². The fraction of sp³-hybridized carbons (Fsp3) is 0.364. The molecule has 1 amide bonds. The van der Waals surface area contributed by atoms with Crippen LogP contribution in [0.25, 0.3) is 0 Å². The number of ether oxygens (including phenoxy) is 1. The fourth-order valence-corrected chi connectivity index (χ4v) is 5.45. The van der Waals surface area contributed by atoms with Gasteiger partial charge in [-0.1, -0.05) is 23.7 Å². The van der Waals surface area contributed by atoms with Crippen LogP contribution in [0.4, 0.5) is 10.1 Å². The van der Waals surface area contributed by atoms with E-state index in [0.29, 0.717) is 36.9 Å². The van der Waals surface area contributed by atoms with Gasteiger partial charge in [-0.25, -0.2) is 12.8 Å². The highest BCUT2D eigenvalue weighted by Crippen LogP contribution is 2.69. The van der Waals surface area contributed by atoms with Crippen molar-refractivity contribution >= 4 is 39.0 Å². The molecule has 32 heavy (non-hydrogen) atoms. The predicted octanol–water partition coefficient (Wildman–Crippen LogP) is 3.54. The molecule has 2 N–H and O–H groups in total. The molecule has 3 aliphatic carbocycles. The Morgan fingerprint density at radius 3 is 2.53 bits per heavy atom. The number of halogens is 2. The van der Waals surface area contributed by atoms with Gasteiger partial charge in [0.1, 0.15) is 11.6 Å². The smallest absolute Gasteiger partial charge is 0.258 e. The zero-order valence-electron chi connectivity index (χ0n) is 17.3. The summed E-state index contributed by atoms with van der Waals surface area (Å²) in [5, 5.41) is 2.94. The zero-order valence-corrected chi connectivity index (χ0v) is 18.9. The number of anilines is 1. The van der Waals surface area contributed by atoms with Crippen LogP contribution in [0.3, 0.4) is 0 Å². The molecular weight excluding hydrogens is 459 g/mol. The normalized spacial score (nSPS) is 23.5. The van der Waals surface area contributed by atoms with Crippen molar-refractivity contribution in [3.63, 3.8) is 0 Å². The maximum Gasteiger partial charge on any atom is 0.258 e. The van der Waals surface area contributed by atoms with Crippen molar-refractivity contribution in [1.82, 2.24) is 5.32 Å². The van der Waals surface area contributed by atoms with E-state index in [2.05, 4.69) is 10.0 Å². The average molecular weight is 481 g/mol. The first-order valence-electron chi connectivity index (χ1n) is 9.97. The Morgan fingerprint density at radius 1 is 1.16 bits per heavy atom. The standard InChI is InChI=1S/C22H22ClFN2O5S/c1-32(29,30)26-15-4-2-3-14(7-15)19(27)9-21-11-22(12-21,13-21)25-20(28)10-31-16-5-6-17(23)18(24)8-16/h2-8,26H,9-13H2,1H3,(H,25,28). The Hall–Kier alpha value is -2.65. The third-order valence-electron chi connectivity index (χ3n) is 5.83. The zero-order chi connectivity index (χ0) is 23.1. The summed E-state index contributed by atoms with van der Waals surface area (Å²) < 4.78 is 43.9. The second-order valence-electron chi connectivity index (χ2n) is 8.78. The molecule has 2 aromatic rings. The Balaban J connectivity index is 1.26. The Bertz CT molecular complexity index is 1180. The van der Waals surface area contributed by atoms with Crippen LogP contribution in [0.1, 0.15) is 36.0 Å². The Labute approximate surface area is 190 Å². The molecule has 0 aromatic heterocycles. The number of ketones is 1. The Kier molecular flexibility index (Phi) is 5.67. The molecule has 3 saturated carbocycles. The number of carbonyl (C=O) groups excluding carboxylic acids is 2. The number of amides is 1. The van der Waals surface area contributed by atoms with Gasteiger partial charge in [-0.05, 0) is 48.9 Å². The number of benzene rings is 2. The molecule has 0 heterocycles. The van der Waals surface area contributed by atoms with E-state index in [4.69, 9.17) is 16.3 Å². The van der Waals surface area contributed by atoms with E-state index < -0.39 is 15.8 Å². The highest BCUT2D eigenvalue weighted by Gasteiger charge is 2.68. The number of hydrogen-bond acceptors (Lipinski definition) is 5. The van der Waals surface area contributed by atoms with Gasteiger partial charge in [-0.3, -0.25) is 14.3 Å². The number of sulfonamides is 1. The summed E-state index contributed by atoms with van der Waals surface area (Å²) in [6.45, 7) is -0.241. The number of carbonyl (C=O) groups is 2. The van der Waals surface area contributed by atoms with Gasteiger partial charge in [0.05, 0.1) is 11.3 Å². The van der Waals surface area contributed by atoms with Crippen LogP contribution in [0.15, 0.2) is 42.5 Å². The lowest BCUT2D eigenvalue weighted by molar-refractivity contribution is -0.164. The first kappa shape index (κ1) is 22.5. The summed E-state index contributed by atoms with van der Waals surface area (Å²) in [6, 6.07) is 10.4. The quantitative estimate of drug-likeness (QED) is 0.534. The molecule has 10 heteroatoms. The molecule has 3 fully saturated rings. The van der Waals surface area contributed by atoms with Gasteiger partial charge in [0.2, 0.25) is 10.0 Å². The van der Waals surface area contributed by atoms with E-state index in [9.17, 15) is 22.4 Å². The lowest BCUT2D eigenvalue weighted by Gasteiger charge is -2.70. The summed E-state index contributed by atoms with van der Waals surface area (Å²) in [4.78, 5) is 24.9. The first-order valence-corrected chi connectivity index (χ1v) is 12.2. The van der Waals surface area contributed by atoms with Crippen molar-refractivity contribution in [3.05, 3.63) is 58.9 Å². The van der Waals surface area contributed by atoms with E-state index in [1.54, 1.807) is 18.2 Å². The summed E-state index contributed by atoms with van der Waals surface area (Å²) in [6.07, 6.45) is 3.50. The van der Waals surface area contributed by atoms with Gasteiger partial charge < -0.3 is 10.1 Å². The molecular formula is C22H22ClFN2O5S. The minimum Gasteiger partial charge on any atom is -0.484 e. The maximum absolute atomic E-state index is 13.4. The predicted molar refractivity (Wildman–Crippen MR) is 118 cm³/mol. The minimum absolute atomic E-state index is 0.0195. The highest BCUT2D eigenvalue weighted by atomic mass is 35.5. The fourth-order valence-electron chi connectivity index (χ4n) is 4.78. The van der Waals surface area contributed by atoms with Crippen LogP contribution >= 0.6 is 11.6 Å². The molecule has 3 aliphatic rings. The van der Waals surface area contributed by atoms with Crippen LogP contribution in [0, 0.1) is 11.2 Å². The first-order chi connectivity index (χ1) is 15.0. The van der Waals surface area contributed by atoms with Gasteiger partial charge in [-0.2, -0.15) is 0 Å². The van der Waals surface area contributed by atoms with Gasteiger partial charge in [0.15, 0.2) is 12.4 Å². The summed E-state index contributed by atoms with van der Waals surface area (Å²) in [5.74, 6) is -0.767. The van der Waals surface area contributed by atoms with Gasteiger partial charge >= 0.3 is 0 Å². The number of Topliss-reactive ketones (excluding diaryl/α,β-unsaturated/α-hetero) is 1. The molecule has 5 rings (SSSR count). The van der Waals surface area contributed by atoms with Gasteiger partial charge in [0, 0.05) is 29.3 Å². The monoisotopic (exact) mass is 480 g/mol. The SMILES string of the molecule is CS(=O)(=O)Nc1cccc(C(=O)CC23CC(NC(=O)COc4ccc(Cl)c(F)c4)(C2)C3)c1. The number of rotatable bonds is 9. The second-order valence-corrected chi connectivity index (χ2v) is 10.9. The number of hydrogen-bond donors (Lipinski definition) is 2. The van der Waals surface area contributed by atoms with Gasteiger partial charge in [-0.15, -0.1) is 0 Å². The topological polar surface area (TPSA) is 102 Å².